The zero-order chi connectivity index (χ0) is 15.3. The van der Waals surface area contributed by atoms with Crippen LogP contribution in [0.4, 0.5) is 0 Å². The van der Waals surface area contributed by atoms with Crippen LogP contribution in [0.15, 0.2) is 16.8 Å². The topological polar surface area (TPSA) is 55.6 Å². The van der Waals surface area contributed by atoms with Crippen LogP contribution < -0.4 is 5.73 Å². The molecule has 6 atom stereocenters. The Bertz CT molecular complexity index is 551. The molecule has 2 saturated carbocycles. The maximum absolute atomic E-state index is 13.1. The van der Waals surface area contributed by atoms with Crippen molar-refractivity contribution < 1.29 is 9.53 Å². The Balaban J connectivity index is 0.00000156. The van der Waals surface area contributed by atoms with E-state index in [9.17, 15) is 4.79 Å². The molecule has 2 heterocycles. The number of ether oxygens (including phenoxy) is 1. The fraction of sp³-hybridized carbons (Fsp3) is 0.706. The number of hydrogen-bond donors (Lipinski definition) is 1. The van der Waals surface area contributed by atoms with Crippen molar-refractivity contribution in [3.63, 3.8) is 0 Å². The normalized spacial score (nSPS) is 39.3. The van der Waals surface area contributed by atoms with E-state index in [1.165, 1.54) is 18.4 Å². The predicted molar refractivity (Wildman–Crippen MR) is 93.7 cm³/mol. The summed E-state index contributed by atoms with van der Waals surface area (Å²) in [5.74, 6) is 1.41. The molecule has 0 spiro atoms. The molecule has 2 N–H and O–H groups in total. The molecule has 1 aliphatic heterocycles. The van der Waals surface area contributed by atoms with Gasteiger partial charge in [0, 0.05) is 12.6 Å². The molecule has 1 aromatic heterocycles. The lowest BCUT2D eigenvalue weighted by molar-refractivity contribution is -0.151. The number of fused-ring (bicyclic) bond motifs is 2. The molecule has 4 rings (SSSR count). The first-order valence-electron chi connectivity index (χ1n) is 8.35. The van der Waals surface area contributed by atoms with Gasteiger partial charge in [0.1, 0.15) is 6.10 Å². The van der Waals surface area contributed by atoms with Gasteiger partial charge >= 0.3 is 0 Å². The quantitative estimate of drug-likeness (QED) is 0.886. The molecule has 1 aromatic rings. The summed E-state index contributed by atoms with van der Waals surface area (Å²) in [6.07, 6.45) is 3.65. The molecule has 2 aliphatic carbocycles. The molecule has 4 nitrogen and oxygen atoms in total. The lowest BCUT2D eigenvalue weighted by Gasteiger charge is -2.40. The number of nitrogens with zero attached hydrogens (tertiary/aromatic N) is 1. The Hall–Kier alpha value is -0.620. The van der Waals surface area contributed by atoms with Crippen molar-refractivity contribution in [2.75, 3.05) is 13.1 Å². The molecule has 1 amide bonds. The molecule has 1 saturated heterocycles. The van der Waals surface area contributed by atoms with Crippen molar-refractivity contribution in [3.05, 3.63) is 22.4 Å². The standard InChI is InChI=1S/C17H24N2O2S.ClH/c1-10-7-19(8-14(21-10)13-4-5-22-9-13)17(20)15-11-2-3-12(6-11)16(15)18;/h4-5,9-12,14-16H,2-3,6-8,18H2,1H3;1H. The van der Waals surface area contributed by atoms with E-state index in [4.69, 9.17) is 10.5 Å². The number of rotatable bonds is 2. The summed E-state index contributed by atoms with van der Waals surface area (Å²) in [5.41, 5.74) is 7.55. The Morgan fingerprint density at radius 2 is 2.13 bits per heavy atom. The molecule has 0 aromatic carbocycles. The maximum Gasteiger partial charge on any atom is 0.227 e. The van der Waals surface area contributed by atoms with Gasteiger partial charge in [0.2, 0.25) is 5.91 Å². The summed E-state index contributed by atoms with van der Waals surface area (Å²) in [4.78, 5) is 15.1. The van der Waals surface area contributed by atoms with E-state index in [2.05, 4.69) is 23.8 Å². The molecule has 128 valence electrons. The third-order valence-electron chi connectivity index (χ3n) is 5.75. The first kappa shape index (κ1) is 17.2. The van der Waals surface area contributed by atoms with Crippen molar-refractivity contribution in [3.8, 4) is 0 Å². The van der Waals surface area contributed by atoms with Gasteiger partial charge in [0.15, 0.2) is 0 Å². The molecule has 6 heteroatoms. The lowest BCUT2D eigenvalue weighted by Crippen LogP contribution is -2.52. The summed E-state index contributed by atoms with van der Waals surface area (Å²) in [6, 6.07) is 2.17. The second-order valence-electron chi connectivity index (χ2n) is 7.17. The minimum Gasteiger partial charge on any atom is -0.367 e. The van der Waals surface area contributed by atoms with Crippen LogP contribution in [0, 0.1) is 17.8 Å². The second-order valence-corrected chi connectivity index (χ2v) is 7.95. The molecule has 6 unspecified atom stereocenters. The zero-order valence-electron chi connectivity index (χ0n) is 13.4. The highest BCUT2D eigenvalue weighted by Gasteiger charge is 2.50. The van der Waals surface area contributed by atoms with Crippen molar-refractivity contribution >= 4 is 29.7 Å². The molecule has 2 bridgehead atoms. The monoisotopic (exact) mass is 356 g/mol. The number of carbonyl (C=O) groups excluding carboxylic acids is 1. The molecule has 3 aliphatic rings. The summed E-state index contributed by atoms with van der Waals surface area (Å²) >= 11 is 1.68. The molecule has 3 fully saturated rings. The second kappa shape index (κ2) is 6.71. The summed E-state index contributed by atoms with van der Waals surface area (Å²) < 4.78 is 6.04. The molecule has 0 radical (unpaired) electrons. The van der Waals surface area contributed by atoms with Gasteiger partial charge in [-0.05, 0) is 60.4 Å². The number of nitrogens with two attached hydrogens (primary N) is 1. The third kappa shape index (κ3) is 3.04. The number of thiophene rings is 1. The molecular weight excluding hydrogens is 332 g/mol. The smallest absolute Gasteiger partial charge is 0.227 e. The Kier molecular flexibility index (Phi) is 5.02. The number of amides is 1. The Morgan fingerprint density at radius 3 is 2.78 bits per heavy atom. The highest BCUT2D eigenvalue weighted by atomic mass is 35.5. The number of morpholine rings is 1. The van der Waals surface area contributed by atoms with Crippen LogP contribution in [0.1, 0.15) is 37.9 Å². The van der Waals surface area contributed by atoms with E-state index in [1.54, 1.807) is 11.3 Å². The van der Waals surface area contributed by atoms with Gasteiger partial charge in [-0.25, -0.2) is 0 Å². The molecule has 23 heavy (non-hydrogen) atoms. The van der Waals surface area contributed by atoms with E-state index in [0.29, 0.717) is 24.9 Å². The highest BCUT2D eigenvalue weighted by Crippen LogP contribution is 2.48. The van der Waals surface area contributed by atoms with Crippen LogP contribution >= 0.6 is 23.7 Å². The highest BCUT2D eigenvalue weighted by molar-refractivity contribution is 7.07. The fourth-order valence-electron chi connectivity index (χ4n) is 4.69. The van der Waals surface area contributed by atoms with Gasteiger partial charge in [-0.1, -0.05) is 0 Å². The van der Waals surface area contributed by atoms with Crippen LogP contribution in [-0.4, -0.2) is 36.0 Å². The SMILES string of the molecule is CC1CN(C(=O)C2C3CCC(C3)C2N)CC(c2ccsc2)O1.Cl. The van der Waals surface area contributed by atoms with Gasteiger partial charge in [-0.15, -0.1) is 12.4 Å². The largest absolute Gasteiger partial charge is 0.367 e. The minimum absolute atomic E-state index is 0. The van der Waals surface area contributed by atoms with E-state index in [-0.39, 0.29) is 42.5 Å². The Labute approximate surface area is 147 Å². The molecular formula is C17H25ClN2O2S. The number of carbonyl (C=O) groups is 1. The number of hydrogen-bond acceptors (Lipinski definition) is 4. The number of halogens is 1. The van der Waals surface area contributed by atoms with Crippen molar-refractivity contribution in [1.82, 2.24) is 4.90 Å². The van der Waals surface area contributed by atoms with Gasteiger partial charge in [-0.2, -0.15) is 11.3 Å². The summed E-state index contributed by atoms with van der Waals surface area (Å²) in [5, 5.41) is 4.19. The first-order valence-corrected chi connectivity index (χ1v) is 9.29. The van der Waals surface area contributed by atoms with Crippen LogP contribution in [0.5, 0.6) is 0 Å². The fourth-order valence-corrected chi connectivity index (χ4v) is 5.39. The van der Waals surface area contributed by atoms with E-state index in [0.717, 1.165) is 6.42 Å². The predicted octanol–water partition coefficient (Wildman–Crippen LogP) is 2.83. The van der Waals surface area contributed by atoms with Gasteiger partial charge in [0.05, 0.1) is 18.6 Å². The average Bonchev–Trinajstić information content (AvgIpc) is 3.23. The van der Waals surface area contributed by atoms with Crippen molar-refractivity contribution in [1.29, 1.82) is 0 Å². The lowest BCUT2D eigenvalue weighted by atomic mass is 9.83. The average molecular weight is 357 g/mol. The van der Waals surface area contributed by atoms with Crippen molar-refractivity contribution in [2.45, 2.75) is 44.4 Å². The van der Waals surface area contributed by atoms with Crippen LogP contribution in [0.2, 0.25) is 0 Å². The third-order valence-corrected chi connectivity index (χ3v) is 6.45. The van der Waals surface area contributed by atoms with Crippen LogP contribution in [0.25, 0.3) is 0 Å². The van der Waals surface area contributed by atoms with Gasteiger partial charge in [-0.3, -0.25) is 4.79 Å². The van der Waals surface area contributed by atoms with Gasteiger partial charge < -0.3 is 15.4 Å². The zero-order valence-corrected chi connectivity index (χ0v) is 15.0. The van der Waals surface area contributed by atoms with E-state index in [1.807, 2.05) is 4.90 Å². The minimum atomic E-state index is 0. The summed E-state index contributed by atoms with van der Waals surface area (Å²) in [7, 11) is 0. The van der Waals surface area contributed by atoms with E-state index < -0.39 is 0 Å². The van der Waals surface area contributed by atoms with Gasteiger partial charge in [0.25, 0.3) is 0 Å². The van der Waals surface area contributed by atoms with E-state index >= 15 is 0 Å². The Morgan fingerprint density at radius 1 is 1.35 bits per heavy atom. The van der Waals surface area contributed by atoms with Crippen molar-refractivity contribution in [2.24, 2.45) is 23.5 Å². The maximum atomic E-state index is 13.1. The van der Waals surface area contributed by atoms with Crippen LogP contribution in [-0.2, 0) is 9.53 Å². The van der Waals surface area contributed by atoms with Crippen LogP contribution in [0.3, 0.4) is 0 Å². The summed E-state index contributed by atoms with van der Waals surface area (Å²) in [6.45, 7) is 3.42. The first-order chi connectivity index (χ1) is 10.6.